The van der Waals surface area contributed by atoms with Gasteiger partial charge < -0.3 is 10.2 Å². The molecule has 6 nitrogen and oxygen atoms in total. The highest BCUT2D eigenvalue weighted by Crippen LogP contribution is 2.32. The summed E-state index contributed by atoms with van der Waals surface area (Å²) in [6.07, 6.45) is 2.38. The molecule has 0 spiro atoms. The van der Waals surface area contributed by atoms with Crippen molar-refractivity contribution < 1.29 is 22.5 Å². The first-order valence-corrected chi connectivity index (χ1v) is 10.2. The third-order valence-corrected chi connectivity index (χ3v) is 6.92. The number of sulfonamides is 1. The molecule has 1 aliphatic carbocycles. The molecule has 1 aromatic rings. The maximum absolute atomic E-state index is 13.0. The monoisotopic (exact) mass is 370 g/mol. The van der Waals surface area contributed by atoms with Crippen LogP contribution in [0.25, 0.3) is 0 Å². The molecule has 0 radical (unpaired) electrons. The van der Waals surface area contributed by atoms with Crippen LogP contribution in [-0.2, 0) is 14.8 Å². The number of benzene rings is 1. The maximum Gasteiger partial charge on any atom is 0.275 e. The third kappa shape index (κ3) is 4.56. The zero-order chi connectivity index (χ0) is 18.0. The van der Waals surface area contributed by atoms with Crippen molar-refractivity contribution in [2.75, 3.05) is 32.7 Å². The second-order valence-electron chi connectivity index (χ2n) is 6.98. The molecule has 1 aliphatic heterocycles. The van der Waals surface area contributed by atoms with Crippen molar-refractivity contribution in [2.45, 2.75) is 30.7 Å². The number of hydrogen-bond acceptors (Lipinski definition) is 3. The number of halogens is 1. The minimum Gasteiger partial charge on any atom is -0.348 e. The van der Waals surface area contributed by atoms with Crippen LogP contribution in [-0.4, -0.2) is 57.4 Å². The maximum atomic E-state index is 13.0. The highest BCUT2D eigenvalue weighted by molar-refractivity contribution is 7.89. The smallest absolute Gasteiger partial charge is 0.275 e. The van der Waals surface area contributed by atoms with Gasteiger partial charge in [0.05, 0.1) is 31.1 Å². The molecule has 1 amide bonds. The molecule has 3 rings (SSSR count). The van der Waals surface area contributed by atoms with Crippen molar-refractivity contribution in [1.29, 1.82) is 0 Å². The van der Waals surface area contributed by atoms with Crippen molar-refractivity contribution >= 4 is 15.9 Å². The Morgan fingerprint density at radius 1 is 1.28 bits per heavy atom. The van der Waals surface area contributed by atoms with Crippen LogP contribution < -0.4 is 10.2 Å². The first-order chi connectivity index (χ1) is 11.9. The second kappa shape index (κ2) is 7.39. The van der Waals surface area contributed by atoms with Crippen LogP contribution in [0.1, 0.15) is 19.8 Å². The van der Waals surface area contributed by atoms with Gasteiger partial charge in [-0.05, 0) is 49.9 Å². The third-order valence-electron chi connectivity index (χ3n) is 5.01. The molecule has 8 heteroatoms. The van der Waals surface area contributed by atoms with Crippen LogP contribution in [0.15, 0.2) is 29.2 Å². The van der Waals surface area contributed by atoms with Crippen LogP contribution in [0.2, 0.25) is 0 Å². The Hall–Kier alpha value is -1.51. The Balaban J connectivity index is 1.50. The first-order valence-electron chi connectivity index (χ1n) is 8.75. The average molecular weight is 370 g/mol. The van der Waals surface area contributed by atoms with Gasteiger partial charge in [0.25, 0.3) is 5.91 Å². The molecular formula is C17H25FN3O3S+. The number of rotatable bonds is 6. The summed E-state index contributed by atoms with van der Waals surface area (Å²) in [7, 11) is -3.60. The molecule has 2 aliphatic rings. The van der Waals surface area contributed by atoms with E-state index >= 15 is 0 Å². The van der Waals surface area contributed by atoms with Crippen LogP contribution in [0, 0.1) is 11.7 Å². The van der Waals surface area contributed by atoms with Crippen LogP contribution in [0.4, 0.5) is 4.39 Å². The molecule has 0 aromatic heterocycles. The molecule has 1 saturated carbocycles. The van der Waals surface area contributed by atoms with Gasteiger partial charge in [0.1, 0.15) is 5.82 Å². The van der Waals surface area contributed by atoms with Gasteiger partial charge in [0.15, 0.2) is 6.54 Å². The van der Waals surface area contributed by atoms with Gasteiger partial charge in [0, 0.05) is 6.04 Å². The SMILES string of the molecule is C[C@@H](NC(=O)C[NH+]1CCN(S(=O)(=O)c2ccc(F)cc2)CC1)C1CC1. The number of nitrogens with one attached hydrogen (secondary N) is 2. The van der Waals surface area contributed by atoms with Crippen molar-refractivity contribution in [3.8, 4) is 0 Å². The van der Waals surface area contributed by atoms with E-state index in [9.17, 15) is 17.6 Å². The van der Waals surface area contributed by atoms with E-state index in [0.717, 1.165) is 17.0 Å². The summed E-state index contributed by atoms with van der Waals surface area (Å²) in [5, 5.41) is 3.03. The quantitative estimate of drug-likeness (QED) is 0.718. The normalized spacial score (nSPS) is 21.0. The number of hydrogen-bond donors (Lipinski definition) is 2. The van der Waals surface area contributed by atoms with Crippen molar-refractivity contribution in [3.05, 3.63) is 30.1 Å². The predicted octanol–water partition coefficient (Wildman–Crippen LogP) is -0.370. The summed E-state index contributed by atoms with van der Waals surface area (Å²) in [6.45, 7) is 4.32. The van der Waals surface area contributed by atoms with E-state index in [1.807, 2.05) is 6.92 Å². The van der Waals surface area contributed by atoms with Gasteiger partial charge in [-0.1, -0.05) is 0 Å². The number of carbonyl (C=O) groups excluding carboxylic acids is 1. The molecule has 2 N–H and O–H groups in total. The van der Waals surface area contributed by atoms with Crippen molar-refractivity contribution in [1.82, 2.24) is 9.62 Å². The topological polar surface area (TPSA) is 70.9 Å². The number of amides is 1. The molecular weight excluding hydrogens is 345 g/mol. The molecule has 0 bridgehead atoms. The molecule has 2 fully saturated rings. The molecule has 1 heterocycles. The standard InChI is InChI=1S/C17H24FN3O3S/c1-13(14-2-3-14)19-17(22)12-20-8-10-21(11-9-20)25(23,24)16-6-4-15(18)5-7-16/h4-7,13-14H,2-3,8-12H2,1H3,(H,19,22)/p+1/t13-/m1/s1. The Morgan fingerprint density at radius 3 is 2.44 bits per heavy atom. The highest BCUT2D eigenvalue weighted by atomic mass is 32.2. The summed E-state index contributed by atoms with van der Waals surface area (Å²) in [5.74, 6) is 0.195. The van der Waals surface area contributed by atoms with Gasteiger partial charge >= 0.3 is 0 Å². The highest BCUT2D eigenvalue weighted by Gasteiger charge is 2.32. The van der Waals surface area contributed by atoms with Gasteiger partial charge in [0.2, 0.25) is 10.0 Å². The van der Waals surface area contributed by atoms with Gasteiger partial charge in [-0.25, -0.2) is 12.8 Å². The minimum absolute atomic E-state index is 0.0317. The summed E-state index contributed by atoms with van der Waals surface area (Å²) in [5.41, 5.74) is 0. The van der Waals surface area contributed by atoms with Crippen molar-refractivity contribution in [3.63, 3.8) is 0 Å². The predicted molar refractivity (Wildman–Crippen MR) is 91.1 cm³/mol. The van der Waals surface area contributed by atoms with Gasteiger partial charge in [-0.3, -0.25) is 4.79 Å². The molecule has 1 atom stereocenters. The Labute approximate surface area is 148 Å². The molecule has 1 saturated heterocycles. The summed E-state index contributed by atoms with van der Waals surface area (Å²) < 4.78 is 39.5. The lowest BCUT2D eigenvalue weighted by atomic mass is 10.2. The summed E-state index contributed by atoms with van der Waals surface area (Å²) in [4.78, 5) is 13.3. The van der Waals surface area contributed by atoms with Crippen molar-refractivity contribution in [2.24, 2.45) is 5.92 Å². The summed E-state index contributed by atoms with van der Waals surface area (Å²) >= 11 is 0. The van der Waals surface area contributed by atoms with Crippen LogP contribution in [0.5, 0.6) is 0 Å². The zero-order valence-corrected chi connectivity index (χ0v) is 15.2. The number of quaternary nitrogens is 1. The van der Waals surface area contributed by atoms with Crippen LogP contribution >= 0.6 is 0 Å². The molecule has 0 unspecified atom stereocenters. The van der Waals surface area contributed by atoms with E-state index in [2.05, 4.69) is 5.32 Å². The number of nitrogens with zero attached hydrogens (tertiary/aromatic N) is 1. The lowest BCUT2D eigenvalue weighted by Gasteiger charge is -2.31. The number of piperazine rings is 1. The fourth-order valence-corrected chi connectivity index (χ4v) is 4.66. The molecule has 1 aromatic carbocycles. The first kappa shape index (κ1) is 18.3. The Bertz CT molecular complexity index is 711. The molecule has 138 valence electrons. The number of carbonyl (C=O) groups is 1. The largest absolute Gasteiger partial charge is 0.348 e. The summed E-state index contributed by atoms with van der Waals surface area (Å²) in [6, 6.07) is 5.11. The van der Waals surface area contributed by atoms with Gasteiger partial charge in [-0.15, -0.1) is 0 Å². The van der Waals surface area contributed by atoms with E-state index in [-0.39, 0.29) is 16.8 Å². The second-order valence-corrected chi connectivity index (χ2v) is 8.92. The van der Waals surface area contributed by atoms with Gasteiger partial charge in [-0.2, -0.15) is 4.31 Å². The van der Waals surface area contributed by atoms with E-state index in [1.54, 1.807) is 0 Å². The lowest BCUT2D eigenvalue weighted by Crippen LogP contribution is -3.15. The van der Waals surface area contributed by atoms with E-state index in [0.29, 0.717) is 38.6 Å². The zero-order valence-electron chi connectivity index (χ0n) is 14.4. The average Bonchev–Trinajstić information content (AvgIpc) is 3.40. The van der Waals surface area contributed by atoms with E-state index in [4.69, 9.17) is 0 Å². The lowest BCUT2D eigenvalue weighted by molar-refractivity contribution is -0.895. The van der Waals surface area contributed by atoms with E-state index in [1.165, 1.54) is 29.3 Å². The Morgan fingerprint density at radius 2 is 1.88 bits per heavy atom. The van der Waals surface area contributed by atoms with Crippen LogP contribution in [0.3, 0.4) is 0 Å². The fraction of sp³-hybridized carbons (Fsp3) is 0.588. The minimum atomic E-state index is -3.60. The fourth-order valence-electron chi connectivity index (χ4n) is 3.22. The Kier molecular flexibility index (Phi) is 5.41. The molecule has 25 heavy (non-hydrogen) atoms. The van der Waals surface area contributed by atoms with E-state index < -0.39 is 15.8 Å².